The molecule has 0 radical (unpaired) electrons. The van der Waals surface area contributed by atoms with Crippen LogP contribution in [0.5, 0.6) is 17.2 Å². The summed E-state index contributed by atoms with van der Waals surface area (Å²) in [4.78, 5) is 16.6. The van der Waals surface area contributed by atoms with E-state index in [2.05, 4.69) is 15.5 Å². The van der Waals surface area contributed by atoms with Gasteiger partial charge in [-0.1, -0.05) is 29.8 Å². The molecule has 0 bridgehead atoms. The smallest absolute Gasteiger partial charge is 0.271 e. The fraction of sp³-hybridized carbons (Fsp3) is 0. The molecule has 4 rings (SSSR count). The number of phenolic OH excluding ortho intramolecular Hbond substituents is 1. The molecule has 0 aliphatic rings. The molecular weight excluding hydrogens is 426 g/mol. The summed E-state index contributed by atoms with van der Waals surface area (Å²) in [5, 5.41) is 13.5. The van der Waals surface area contributed by atoms with Crippen LogP contribution in [0.4, 0.5) is 0 Å². The minimum atomic E-state index is -0.438. The lowest BCUT2D eigenvalue weighted by molar-refractivity contribution is 0.0955. The number of nitrogens with one attached hydrogen (secondary N) is 1. The summed E-state index contributed by atoms with van der Waals surface area (Å²) >= 11 is 5.83. The lowest BCUT2D eigenvalue weighted by atomic mass is 10.1. The van der Waals surface area contributed by atoms with E-state index in [9.17, 15) is 9.90 Å². The Hall–Kier alpha value is -4.16. The van der Waals surface area contributed by atoms with E-state index in [1.165, 1.54) is 24.4 Å². The maximum Gasteiger partial charge on any atom is 0.271 e. The Labute approximate surface area is 189 Å². The quantitative estimate of drug-likeness (QED) is 0.297. The van der Waals surface area contributed by atoms with Crippen molar-refractivity contribution in [3.63, 3.8) is 0 Å². The molecular formula is C25H18ClN3O3. The Bertz CT molecular complexity index is 1260. The van der Waals surface area contributed by atoms with Crippen LogP contribution in [0.3, 0.4) is 0 Å². The zero-order valence-electron chi connectivity index (χ0n) is 16.8. The molecule has 32 heavy (non-hydrogen) atoms. The van der Waals surface area contributed by atoms with Crippen LogP contribution in [-0.2, 0) is 0 Å². The Morgan fingerprint density at radius 1 is 0.969 bits per heavy atom. The van der Waals surface area contributed by atoms with Gasteiger partial charge in [0.05, 0.1) is 16.9 Å². The Morgan fingerprint density at radius 3 is 2.47 bits per heavy atom. The standard InChI is InChI=1S/C25H18ClN3O3/c26-22-15-19(8-11-24(22)30)25(31)29-28-16-17-12-13-27-23(14-17)18-6-9-21(10-7-18)32-20-4-2-1-3-5-20/h1-16,30H,(H,29,31)/b28-16+. The molecule has 0 atom stereocenters. The van der Waals surface area contributed by atoms with Gasteiger partial charge in [0.15, 0.2) is 0 Å². The number of nitrogens with zero attached hydrogens (tertiary/aromatic N) is 2. The molecule has 0 saturated carbocycles. The maximum atomic E-state index is 12.2. The lowest BCUT2D eigenvalue weighted by Gasteiger charge is -2.07. The van der Waals surface area contributed by atoms with Gasteiger partial charge in [-0.15, -0.1) is 0 Å². The molecule has 1 heterocycles. The summed E-state index contributed by atoms with van der Waals surface area (Å²) in [6.07, 6.45) is 3.20. The number of hydrogen-bond donors (Lipinski definition) is 2. The van der Waals surface area contributed by atoms with Crippen molar-refractivity contribution in [3.05, 3.63) is 107 Å². The van der Waals surface area contributed by atoms with E-state index in [1.54, 1.807) is 12.3 Å². The van der Waals surface area contributed by atoms with Crippen LogP contribution in [-0.4, -0.2) is 22.2 Å². The number of aromatic nitrogens is 1. The number of rotatable bonds is 6. The minimum Gasteiger partial charge on any atom is -0.506 e. The molecule has 3 aromatic carbocycles. The largest absolute Gasteiger partial charge is 0.506 e. The van der Waals surface area contributed by atoms with Gasteiger partial charge in [-0.05, 0) is 72.3 Å². The zero-order valence-corrected chi connectivity index (χ0v) is 17.5. The third-order valence-electron chi connectivity index (χ3n) is 4.50. The summed E-state index contributed by atoms with van der Waals surface area (Å²) in [6.45, 7) is 0. The van der Waals surface area contributed by atoms with Gasteiger partial charge < -0.3 is 9.84 Å². The number of hydrogen-bond acceptors (Lipinski definition) is 5. The number of para-hydroxylation sites is 1. The van der Waals surface area contributed by atoms with E-state index in [0.717, 1.165) is 28.3 Å². The predicted octanol–water partition coefficient (Wildman–Crippen LogP) is 5.66. The fourth-order valence-electron chi connectivity index (χ4n) is 2.88. The van der Waals surface area contributed by atoms with Crippen molar-refractivity contribution in [2.45, 2.75) is 0 Å². The molecule has 0 saturated heterocycles. The number of pyridine rings is 1. The highest BCUT2D eigenvalue weighted by Crippen LogP contribution is 2.25. The van der Waals surface area contributed by atoms with Crippen LogP contribution in [0.1, 0.15) is 15.9 Å². The SMILES string of the molecule is O=C(N/N=C/c1ccnc(-c2ccc(Oc3ccccc3)cc2)c1)c1ccc(O)c(Cl)c1. The summed E-state index contributed by atoms with van der Waals surface area (Å²) in [5.74, 6) is 0.977. The number of halogens is 1. The van der Waals surface area contributed by atoms with Gasteiger partial charge in [-0.2, -0.15) is 5.10 Å². The highest BCUT2D eigenvalue weighted by Gasteiger charge is 2.07. The minimum absolute atomic E-state index is 0.0873. The average molecular weight is 444 g/mol. The fourth-order valence-corrected chi connectivity index (χ4v) is 3.06. The first-order valence-electron chi connectivity index (χ1n) is 9.70. The number of amides is 1. The second-order valence-electron chi connectivity index (χ2n) is 6.78. The number of ether oxygens (including phenoxy) is 1. The van der Waals surface area contributed by atoms with Crippen molar-refractivity contribution >= 4 is 23.7 Å². The topological polar surface area (TPSA) is 83.8 Å². The van der Waals surface area contributed by atoms with E-state index in [0.29, 0.717) is 0 Å². The van der Waals surface area contributed by atoms with Crippen LogP contribution in [0.15, 0.2) is 96.2 Å². The van der Waals surface area contributed by atoms with Crippen LogP contribution in [0.25, 0.3) is 11.3 Å². The summed E-state index contributed by atoms with van der Waals surface area (Å²) in [6, 6.07) is 25.0. The molecule has 1 amide bonds. The molecule has 2 N–H and O–H groups in total. The third kappa shape index (κ3) is 5.30. The monoisotopic (exact) mass is 443 g/mol. The van der Waals surface area contributed by atoms with Crippen molar-refractivity contribution in [1.29, 1.82) is 0 Å². The second-order valence-corrected chi connectivity index (χ2v) is 7.19. The van der Waals surface area contributed by atoms with Gasteiger partial charge in [-0.3, -0.25) is 9.78 Å². The maximum absolute atomic E-state index is 12.2. The molecule has 0 fully saturated rings. The van der Waals surface area contributed by atoms with Crippen molar-refractivity contribution in [1.82, 2.24) is 10.4 Å². The van der Waals surface area contributed by atoms with Crippen molar-refractivity contribution in [3.8, 4) is 28.5 Å². The first-order valence-corrected chi connectivity index (χ1v) is 10.1. The Kier molecular flexibility index (Phi) is 6.43. The number of benzene rings is 3. The van der Waals surface area contributed by atoms with Crippen molar-refractivity contribution in [2.24, 2.45) is 5.10 Å². The lowest BCUT2D eigenvalue weighted by Crippen LogP contribution is -2.17. The van der Waals surface area contributed by atoms with Crippen LogP contribution >= 0.6 is 11.6 Å². The van der Waals surface area contributed by atoms with Crippen LogP contribution in [0.2, 0.25) is 5.02 Å². The summed E-state index contributed by atoms with van der Waals surface area (Å²) in [7, 11) is 0. The van der Waals surface area contributed by atoms with Gasteiger partial charge in [0.2, 0.25) is 0 Å². The van der Waals surface area contributed by atoms with Gasteiger partial charge in [-0.25, -0.2) is 5.43 Å². The number of aromatic hydroxyl groups is 1. The van der Waals surface area contributed by atoms with Crippen molar-refractivity contribution < 1.29 is 14.6 Å². The molecule has 1 aromatic heterocycles. The van der Waals surface area contributed by atoms with E-state index < -0.39 is 5.91 Å². The van der Waals surface area contributed by atoms with E-state index in [4.69, 9.17) is 16.3 Å². The summed E-state index contributed by atoms with van der Waals surface area (Å²) < 4.78 is 5.81. The molecule has 7 heteroatoms. The van der Waals surface area contributed by atoms with Crippen molar-refractivity contribution in [2.75, 3.05) is 0 Å². The van der Waals surface area contributed by atoms with Gasteiger partial charge in [0.25, 0.3) is 5.91 Å². The first-order chi connectivity index (χ1) is 15.6. The number of hydrazone groups is 1. The summed E-state index contributed by atoms with van der Waals surface area (Å²) in [5.41, 5.74) is 5.18. The highest BCUT2D eigenvalue weighted by atomic mass is 35.5. The van der Waals surface area contributed by atoms with Gasteiger partial charge in [0, 0.05) is 17.3 Å². The molecule has 6 nitrogen and oxygen atoms in total. The zero-order chi connectivity index (χ0) is 22.3. The average Bonchev–Trinajstić information content (AvgIpc) is 2.82. The predicted molar refractivity (Wildman–Crippen MR) is 124 cm³/mol. The number of carbonyl (C=O) groups excluding carboxylic acids is 1. The molecule has 0 aliphatic heterocycles. The Balaban J connectivity index is 1.41. The second kappa shape index (κ2) is 9.76. The highest BCUT2D eigenvalue weighted by molar-refractivity contribution is 6.32. The van der Waals surface area contributed by atoms with Crippen LogP contribution < -0.4 is 10.2 Å². The molecule has 0 spiro atoms. The van der Waals surface area contributed by atoms with E-state index in [1.807, 2.05) is 60.7 Å². The molecule has 4 aromatic rings. The van der Waals surface area contributed by atoms with Gasteiger partial charge >= 0.3 is 0 Å². The van der Waals surface area contributed by atoms with Gasteiger partial charge in [0.1, 0.15) is 17.2 Å². The number of carbonyl (C=O) groups is 1. The third-order valence-corrected chi connectivity index (χ3v) is 4.81. The van der Waals surface area contributed by atoms with Crippen LogP contribution in [0, 0.1) is 0 Å². The number of phenols is 1. The first kappa shape index (κ1) is 21.1. The molecule has 158 valence electrons. The molecule has 0 aliphatic carbocycles. The van der Waals surface area contributed by atoms with E-state index >= 15 is 0 Å². The normalized spacial score (nSPS) is 10.8. The molecule has 0 unspecified atom stereocenters. The Morgan fingerprint density at radius 2 is 1.72 bits per heavy atom. The van der Waals surface area contributed by atoms with E-state index in [-0.39, 0.29) is 16.3 Å².